The average Bonchev–Trinajstić information content (AvgIpc) is 3.20. The van der Waals surface area contributed by atoms with E-state index < -0.39 is 41.6 Å². The molecular weight excluding hydrogens is 424 g/mol. The van der Waals surface area contributed by atoms with Gasteiger partial charge in [-0.15, -0.1) is 0 Å². The Hall–Kier alpha value is -3.10. The van der Waals surface area contributed by atoms with E-state index in [0.29, 0.717) is 19.4 Å². The Bertz CT molecular complexity index is 850. The molecule has 1 aliphatic rings. The summed E-state index contributed by atoms with van der Waals surface area (Å²) < 4.78 is 5.29. The number of amides is 4. The van der Waals surface area contributed by atoms with Gasteiger partial charge in [-0.05, 0) is 45.1 Å². The number of likely N-dealkylation sites (tertiary alicyclic amines) is 1. The molecule has 0 spiro atoms. The van der Waals surface area contributed by atoms with Crippen LogP contribution in [-0.4, -0.2) is 59.0 Å². The monoisotopic (exact) mass is 460 g/mol. The van der Waals surface area contributed by atoms with Crippen LogP contribution in [0.2, 0.25) is 0 Å². The van der Waals surface area contributed by atoms with Gasteiger partial charge in [0.2, 0.25) is 17.7 Å². The van der Waals surface area contributed by atoms with Gasteiger partial charge in [-0.3, -0.25) is 14.4 Å². The van der Waals surface area contributed by atoms with Crippen molar-refractivity contribution in [2.45, 2.75) is 77.6 Å². The number of primary amides is 1. The highest BCUT2D eigenvalue weighted by molar-refractivity contribution is 5.94. The van der Waals surface area contributed by atoms with Crippen LogP contribution in [0.25, 0.3) is 0 Å². The van der Waals surface area contributed by atoms with Crippen LogP contribution >= 0.6 is 0 Å². The molecule has 0 aliphatic carbocycles. The first kappa shape index (κ1) is 26.2. The first-order valence-electron chi connectivity index (χ1n) is 11.3. The summed E-state index contributed by atoms with van der Waals surface area (Å²) in [5.74, 6) is -1.65. The number of alkyl carbamates (subject to hydrolysis) is 1. The second kappa shape index (κ2) is 11.2. The summed E-state index contributed by atoms with van der Waals surface area (Å²) in [7, 11) is 0. The van der Waals surface area contributed by atoms with Crippen molar-refractivity contribution < 1.29 is 23.9 Å². The van der Waals surface area contributed by atoms with Crippen LogP contribution in [0.5, 0.6) is 0 Å². The van der Waals surface area contributed by atoms with Gasteiger partial charge in [0, 0.05) is 13.0 Å². The van der Waals surface area contributed by atoms with Crippen molar-refractivity contribution in [2.24, 2.45) is 11.7 Å². The molecule has 9 nitrogen and oxygen atoms in total. The largest absolute Gasteiger partial charge is 0.444 e. The lowest BCUT2D eigenvalue weighted by atomic mass is 10.0. The van der Waals surface area contributed by atoms with Gasteiger partial charge in [0.05, 0.1) is 0 Å². The molecule has 2 rings (SSSR count). The summed E-state index contributed by atoms with van der Waals surface area (Å²) in [5, 5.41) is 5.35. The van der Waals surface area contributed by atoms with Crippen LogP contribution in [-0.2, 0) is 25.5 Å². The summed E-state index contributed by atoms with van der Waals surface area (Å²) in [5.41, 5.74) is 5.69. The van der Waals surface area contributed by atoms with Crippen LogP contribution < -0.4 is 16.4 Å². The van der Waals surface area contributed by atoms with E-state index in [1.807, 2.05) is 44.2 Å². The van der Waals surface area contributed by atoms with E-state index in [1.165, 1.54) is 4.90 Å². The maximum atomic E-state index is 13.3. The lowest BCUT2D eigenvalue weighted by Gasteiger charge is -2.31. The second-order valence-electron chi connectivity index (χ2n) is 9.71. The molecule has 1 aromatic carbocycles. The first-order chi connectivity index (χ1) is 15.4. The Morgan fingerprint density at radius 2 is 1.76 bits per heavy atom. The van der Waals surface area contributed by atoms with Crippen LogP contribution in [0.3, 0.4) is 0 Å². The molecule has 1 saturated heterocycles. The Balaban J connectivity index is 2.10. The van der Waals surface area contributed by atoms with E-state index in [2.05, 4.69) is 10.6 Å². The fraction of sp³-hybridized carbons (Fsp3) is 0.583. The van der Waals surface area contributed by atoms with E-state index >= 15 is 0 Å². The molecule has 0 unspecified atom stereocenters. The summed E-state index contributed by atoms with van der Waals surface area (Å²) in [6.45, 7) is 9.23. The van der Waals surface area contributed by atoms with E-state index in [-0.39, 0.29) is 18.2 Å². The molecule has 1 heterocycles. The highest BCUT2D eigenvalue weighted by Gasteiger charge is 2.40. The SMILES string of the molecule is CC(C)[C@H](NC(=O)OC(C)(C)C)C(=O)N1CCC[C@H]1C(=O)N[C@H](Cc1ccccc1)C(N)=O. The van der Waals surface area contributed by atoms with Crippen molar-refractivity contribution in [3.05, 3.63) is 35.9 Å². The van der Waals surface area contributed by atoms with Crippen LogP contribution in [0, 0.1) is 5.92 Å². The molecule has 4 N–H and O–H groups in total. The highest BCUT2D eigenvalue weighted by atomic mass is 16.6. The van der Waals surface area contributed by atoms with Gasteiger partial charge in [0.15, 0.2) is 0 Å². The van der Waals surface area contributed by atoms with Gasteiger partial charge in [-0.2, -0.15) is 0 Å². The lowest BCUT2D eigenvalue weighted by molar-refractivity contribution is -0.141. The third kappa shape index (κ3) is 7.76. The number of benzene rings is 1. The summed E-state index contributed by atoms with van der Waals surface area (Å²) in [6.07, 6.45) is 0.677. The van der Waals surface area contributed by atoms with Crippen molar-refractivity contribution in [1.29, 1.82) is 0 Å². The van der Waals surface area contributed by atoms with Gasteiger partial charge < -0.3 is 26.0 Å². The van der Waals surface area contributed by atoms with E-state index in [0.717, 1.165) is 5.56 Å². The smallest absolute Gasteiger partial charge is 0.408 e. The van der Waals surface area contributed by atoms with Gasteiger partial charge in [0.1, 0.15) is 23.7 Å². The molecule has 0 aromatic heterocycles. The normalized spacial score (nSPS) is 17.9. The number of carbonyl (C=O) groups excluding carboxylic acids is 4. The number of hydrogen-bond acceptors (Lipinski definition) is 5. The first-order valence-corrected chi connectivity index (χ1v) is 11.3. The molecule has 0 saturated carbocycles. The van der Waals surface area contributed by atoms with Gasteiger partial charge in [-0.1, -0.05) is 44.2 Å². The van der Waals surface area contributed by atoms with Gasteiger partial charge >= 0.3 is 6.09 Å². The molecule has 182 valence electrons. The number of nitrogens with two attached hydrogens (primary N) is 1. The average molecular weight is 461 g/mol. The van der Waals surface area contributed by atoms with Crippen molar-refractivity contribution in [3.8, 4) is 0 Å². The predicted molar refractivity (Wildman–Crippen MR) is 124 cm³/mol. The molecule has 9 heteroatoms. The second-order valence-corrected chi connectivity index (χ2v) is 9.71. The maximum Gasteiger partial charge on any atom is 0.408 e. The fourth-order valence-corrected chi connectivity index (χ4v) is 3.77. The van der Waals surface area contributed by atoms with Crippen molar-refractivity contribution >= 4 is 23.8 Å². The standard InChI is InChI=1S/C24H36N4O5/c1-15(2)19(27-23(32)33-24(3,4)5)22(31)28-13-9-12-18(28)21(30)26-17(20(25)29)14-16-10-7-6-8-11-16/h6-8,10-11,15,17-19H,9,12-14H2,1-5H3,(H2,25,29)(H,26,30)(H,27,32)/t17-,18+,19+/m1/s1. The zero-order valence-electron chi connectivity index (χ0n) is 20.1. The quantitative estimate of drug-likeness (QED) is 0.544. The topological polar surface area (TPSA) is 131 Å². The minimum atomic E-state index is -0.891. The van der Waals surface area contributed by atoms with E-state index in [9.17, 15) is 19.2 Å². The Morgan fingerprint density at radius 3 is 2.30 bits per heavy atom. The van der Waals surface area contributed by atoms with E-state index in [4.69, 9.17) is 10.5 Å². The third-order valence-electron chi connectivity index (χ3n) is 5.39. The molecule has 0 radical (unpaired) electrons. The molecular formula is C24H36N4O5. The Morgan fingerprint density at radius 1 is 1.12 bits per heavy atom. The zero-order chi connectivity index (χ0) is 24.8. The fourth-order valence-electron chi connectivity index (χ4n) is 3.77. The molecule has 3 atom stereocenters. The molecule has 33 heavy (non-hydrogen) atoms. The Labute approximate surface area is 195 Å². The minimum Gasteiger partial charge on any atom is -0.444 e. The number of carbonyl (C=O) groups is 4. The molecule has 1 aromatic rings. The molecule has 0 bridgehead atoms. The van der Waals surface area contributed by atoms with Crippen molar-refractivity contribution in [1.82, 2.24) is 15.5 Å². The summed E-state index contributed by atoms with van der Waals surface area (Å²) in [6, 6.07) is 6.78. The lowest BCUT2D eigenvalue weighted by Crippen LogP contribution is -2.57. The molecule has 1 fully saturated rings. The number of ether oxygens (including phenoxy) is 1. The summed E-state index contributed by atoms with van der Waals surface area (Å²) in [4.78, 5) is 52.0. The van der Waals surface area contributed by atoms with Crippen molar-refractivity contribution in [3.63, 3.8) is 0 Å². The third-order valence-corrected chi connectivity index (χ3v) is 5.39. The molecule has 1 aliphatic heterocycles. The number of nitrogens with one attached hydrogen (secondary N) is 2. The Kier molecular flexibility index (Phi) is 8.84. The van der Waals surface area contributed by atoms with Gasteiger partial charge in [-0.25, -0.2) is 4.79 Å². The van der Waals surface area contributed by atoms with Crippen LogP contribution in [0.15, 0.2) is 30.3 Å². The number of rotatable bonds is 8. The highest BCUT2D eigenvalue weighted by Crippen LogP contribution is 2.21. The van der Waals surface area contributed by atoms with Gasteiger partial charge in [0.25, 0.3) is 0 Å². The number of nitrogens with zero attached hydrogens (tertiary/aromatic N) is 1. The summed E-state index contributed by atoms with van der Waals surface area (Å²) >= 11 is 0. The zero-order valence-corrected chi connectivity index (χ0v) is 20.1. The van der Waals surface area contributed by atoms with Crippen molar-refractivity contribution in [2.75, 3.05) is 6.54 Å². The minimum absolute atomic E-state index is 0.217. The number of hydrogen-bond donors (Lipinski definition) is 3. The molecule has 4 amide bonds. The predicted octanol–water partition coefficient (Wildman–Crippen LogP) is 1.74. The van der Waals surface area contributed by atoms with Crippen LogP contribution in [0.4, 0.5) is 4.79 Å². The van der Waals surface area contributed by atoms with Crippen LogP contribution in [0.1, 0.15) is 53.0 Å². The van der Waals surface area contributed by atoms with E-state index in [1.54, 1.807) is 20.8 Å². The maximum absolute atomic E-state index is 13.3.